The van der Waals surface area contributed by atoms with Crippen LogP contribution in [0.4, 0.5) is 0 Å². The second-order valence-corrected chi connectivity index (χ2v) is 20.8. The van der Waals surface area contributed by atoms with Gasteiger partial charge >= 0.3 is 151 Å². The molecule has 0 saturated carbocycles. The molecule has 1 atom stereocenters. The summed E-state index contributed by atoms with van der Waals surface area (Å²) in [7, 11) is 0. The van der Waals surface area contributed by atoms with Gasteiger partial charge in [0.25, 0.3) is 0 Å². The molecule has 0 fully saturated rings. The van der Waals surface area contributed by atoms with Crippen LogP contribution in [0.5, 0.6) is 0 Å². The van der Waals surface area contributed by atoms with E-state index in [9.17, 15) is 4.79 Å². The number of hydrogen-bond donors (Lipinski definition) is 0. The minimum atomic E-state index is -2.45. The Kier molecular flexibility index (Phi) is 13.6. The van der Waals surface area contributed by atoms with Crippen molar-refractivity contribution in [1.29, 1.82) is 0 Å². The van der Waals surface area contributed by atoms with Crippen LogP contribution in [0.2, 0.25) is 13.3 Å². The summed E-state index contributed by atoms with van der Waals surface area (Å²) >= 11 is -2.45. The molecule has 136 valence electrons. The van der Waals surface area contributed by atoms with Gasteiger partial charge in [0.2, 0.25) is 0 Å². The normalized spacial score (nSPS) is 13.1. The first-order valence-corrected chi connectivity index (χ1v) is 17.7. The van der Waals surface area contributed by atoms with E-state index in [0.717, 1.165) is 6.42 Å². The van der Waals surface area contributed by atoms with Gasteiger partial charge in [-0.1, -0.05) is 0 Å². The number of rotatable bonds is 15. The van der Waals surface area contributed by atoms with Crippen LogP contribution < -0.4 is 0 Å². The topological polar surface area (TPSA) is 17.1 Å². The predicted octanol–water partition coefficient (Wildman–Crippen LogP) is 7.33. The maximum absolute atomic E-state index is 12.3. The van der Waals surface area contributed by atoms with E-state index in [1.807, 2.05) is 6.92 Å². The van der Waals surface area contributed by atoms with Gasteiger partial charge in [-0.05, 0) is 0 Å². The van der Waals surface area contributed by atoms with Crippen LogP contribution in [-0.4, -0.2) is 24.2 Å². The van der Waals surface area contributed by atoms with Crippen LogP contribution >= 0.6 is 0 Å². The molecule has 0 aliphatic heterocycles. The SMILES string of the molecule is C=[C](C(CCCC)C(C)=O)[Sn]([CH2]CCC)([CH2]CCC)[CH2]CCC. The van der Waals surface area contributed by atoms with Crippen molar-refractivity contribution >= 4 is 24.2 Å². The Bertz CT molecular complexity index is 313. The van der Waals surface area contributed by atoms with Crippen LogP contribution in [-0.2, 0) is 4.79 Å². The van der Waals surface area contributed by atoms with Crippen molar-refractivity contribution < 1.29 is 4.79 Å². The third-order valence-electron chi connectivity index (χ3n) is 5.47. The zero-order valence-corrected chi connectivity index (χ0v) is 19.5. The van der Waals surface area contributed by atoms with Gasteiger partial charge in [0.15, 0.2) is 0 Å². The molecule has 0 amide bonds. The molecule has 0 rings (SSSR count). The summed E-state index contributed by atoms with van der Waals surface area (Å²) in [6.07, 6.45) is 11.3. The molecule has 0 radical (unpaired) electrons. The summed E-state index contributed by atoms with van der Waals surface area (Å²) in [5.41, 5.74) is 0. The molecule has 0 heterocycles. The number of carbonyl (C=O) groups is 1. The molecule has 0 bridgehead atoms. The zero-order valence-electron chi connectivity index (χ0n) is 16.7. The number of allylic oxidation sites excluding steroid dienone is 1. The Morgan fingerprint density at radius 2 is 1.22 bits per heavy atom. The van der Waals surface area contributed by atoms with Crippen molar-refractivity contribution in [3.05, 3.63) is 10.2 Å². The summed E-state index contributed by atoms with van der Waals surface area (Å²) in [6, 6.07) is 0. The maximum atomic E-state index is 12.3. The molecule has 0 aliphatic carbocycles. The molecule has 0 spiro atoms. The Hall–Kier alpha value is 0.209. The van der Waals surface area contributed by atoms with Gasteiger partial charge < -0.3 is 0 Å². The fourth-order valence-corrected chi connectivity index (χ4v) is 20.6. The minimum absolute atomic E-state index is 0.177. The first-order chi connectivity index (χ1) is 11.0. The quantitative estimate of drug-likeness (QED) is 0.249. The number of ketones is 1. The van der Waals surface area contributed by atoms with Crippen LogP contribution in [0.15, 0.2) is 10.2 Å². The van der Waals surface area contributed by atoms with Crippen molar-refractivity contribution in [2.24, 2.45) is 5.92 Å². The molecule has 0 N–H and O–H groups in total. The Morgan fingerprint density at radius 1 is 0.826 bits per heavy atom. The molecule has 0 aromatic carbocycles. The predicted molar refractivity (Wildman–Crippen MR) is 108 cm³/mol. The van der Waals surface area contributed by atoms with Gasteiger partial charge in [-0.25, -0.2) is 0 Å². The second kappa shape index (κ2) is 13.5. The average molecular weight is 429 g/mol. The van der Waals surface area contributed by atoms with Crippen molar-refractivity contribution in [3.8, 4) is 0 Å². The van der Waals surface area contributed by atoms with Gasteiger partial charge in [0, 0.05) is 0 Å². The molecule has 0 aromatic heterocycles. The first kappa shape index (κ1) is 23.2. The Labute approximate surface area is 150 Å². The van der Waals surface area contributed by atoms with Gasteiger partial charge in [-0.15, -0.1) is 0 Å². The fourth-order valence-electron chi connectivity index (χ4n) is 3.80. The number of carbonyl (C=O) groups excluding carboxylic acids is 1. The molecule has 0 aromatic rings. The van der Waals surface area contributed by atoms with Gasteiger partial charge in [-0.2, -0.15) is 0 Å². The molecular weight excluding hydrogens is 387 g/mol. The third-order valence-corrected chi connectivity index (χ3v) is 21.6. The Morgan fingerprint density at radius 3 is 1.52 bits per heavy atom. The molecular formula is C21H42OSn. The monoisotopic (exact) mass is 430 g/mol. The van der Waals surface area contributed by atoms with Crippen molar-refractivity contribution in [2.75, 3.05) is 0 Å². The summed E-state index contributed by atoms with van der Waals surface area (Å²) in [6.45, 7) is 15.6. The van der Waals surface area contributed by atoms with E-state index in [2.05, 4.69) is 34.3 Å². The van der Waals surface area contributed by atoms with Crippen LogP contribution in [0.3, 0.4) is 0 Å². The average Bonchev–Trinajstić information content (AvgIpc) is 2.54. The molecule has 23 heavy (non-hydrogen) atoms. The molecule has 0 aliphatic rings. The van der Waals surface area contributed by atoms with E-state index in [1.165, 1.54) is 68.3 Å². The van der Waals surface area contributed by atoms with Crippen molar-refractivity contribution in [1.82, 2.24) is 0 Å². The summed E-state index contributed by atoms with van der Waals surface area (Å²) in [5.74, 6) is 0.560. The van der Waals surface area contributed by atoms with Gasteiger partial charge in [-0.3, -0.25) is 0 Å². The molecule has 2 heteroatoms. The van der Waals surface area contributed by atoms with E-state index < -0.39 is 18.4 Å². The van der Waals surface area contributed by atoms with Gasteiger partial charge in [0.1, 0.15) is 0 Å². The van der Waals surface area contributed by atoms with Crippen LogP contribution in [0.1, 0.15) is 92.4 Å². The van der Waals surface area contributed by atoms with Crippen molar-refractivity contribution in [2.45, 2.75) is 106 Å². The van der Waals surface area contributed by atoms with E-state index in [4.69, 9.17) is 0 Å². The van der Waals surface area contributed by atoms with E-state index in [0.29, 0.717) is 5.78 Å². The number of unbranched alkanes of at least 4 members (excludes halogenated alkanes) is 4. The summed E-state index contributed by atoms with van der Waals surface area (Å²) in [4.78, 5) is 12.3. The third kappa shape index (κ3) is 8.22. The van der Waals surface area contributed by atoms with Crippen LogP contribution in [0, 0.1) is 5.92 Å². The van der Waals surface area contributed by atoms with Crippen LogP contribution in [0.25, 0.3) is 0 Å². The van der Waals surface area contributed by atoms with E-state index >= 15 is 0 Å². The molecule has 1 unspecified atom stereocenters. The van der Waals surface area contributed by atoms with E-state index in [1.54, 1.807) is 0 Å². The summed E-state index contributed by atoms with van der Waals surface area (Å²) < 4.78 is 5.77. The zero-order chi connectivity index (χ0) is 17.7. The Balaban J connectivity index is 5.43. The fraction of sp³-hybridized carbons (Fsp3) is 0.857. The van der Waals surface area contributed by atoms with E-state index in [-0.39, 0.29) is 5.92 Å². The number of hydrogen-bond acceptors (Lipinski definition) is 1. The summed E-state index contributed by atoms with van der Waals surface area (Å²) in [5, 5.41) is 0. The number of Topliss-reactive ketones (excluding diaryl/α,β-unsaturated/α-hetero) is 1. The first-order valence-electron chi connectivity index (χ1n) is 10.2. The van der Waals surface area contributed by atoms with Crippen molar-refractivity contribution in [3.63, 3.8) is 0 Å². The standard InChI is InChI=1S/C9H15O.3C4H9.Sn/c1-4-6-7-9(5-2)8(3)10;3*1-3-4-2;/h9H,2,4,6-7H2,1,3H3;3*1,3-4H2,2H3;. The molecule has 0 saturated heterocycles. The van der Waals surface area contributed by atoms with Gasteiger partial charge in [0.05, 0.1) is 0 Å². The molecule has 1 nitrogen and oxygen atoms in total. The second-order valence-electron chi connectivity index (χ2n) is 7.42.